The smallest absolute Gasteiger partial charge is 0.416 e. The maximum atomic E-state index is 12.4. The van der Waals surface area contributed by atoms with Crippen LogP contribution in [0.15, 0.2) is 91.0 Å². The molecule has 196 valence electrons. The van der Waals surface area contributed by atoms with Crippen molar-refractivity contribution in [2.24, 2.45) is 0 Å². The maximum Gasteiger partial charge on any atom is 0.416 e. The van der Waals surface area contributed by atoms with Gasteiger partial charge in [0.15, 0.2) is 0 Å². The summed E-state index contributed by atoms with van der Waals surface area (Å²) in [6.45, 7) is 2.94. The number of carboxylic acid groups (broad SMARTS) is 1. The second-order valence-electron chi connectivity index (χ2n) is 9.00. The number of carboxylic acids is 1. The zero-order chi connectivity index (χ0) is 27.3. The zero-order valence-electron chi connectivity index (χ0n) is 20.3. The van der Waals surface area contributed by atoms with E-state index in [2.05, 4.69) is 17.0 Å². The van der Waals surface area contributed by atoms with Crippen molar-refractivity contribution in [1.82, 2.24) is 4.90 Å². The Morgan fingerprint density at radius 3 is 2.34 bits per heavy atom. The Balaban J connectivity index is 0.000000177. The van der Waals surface area contributed by atoms with Crippen LogP contribution in [0.1, 0.15) is 32.6 Å². The molecule has 0 unspecified atom stereocenters. The second kappa shape index (κ2) is 11.7. The van der Waals surface area contributed by atoms with E-state index in [9.17, 15) is 18.0 Å². The lowest BCUT2D eigenvalue weighted by atomic mass is 9.98. The molecule has 0 aromatic heterocycles. The molecule has 8 heteroatoms. The van der Waals surface area contributed by atoms with Gasteiger partial charge in [0.05, 0.1) is 11.1 Å². The van der Waals surface area contributed by atoms with E-state index in [1.807, 2.05) is 30.3 Å². The molecule has 4 nitrogen and oxygen atoms in total. The molecule has 0 amide bonds. The van der Waals surface area contributed by atoms with Gasteiger partial charge in [0, 0.05) is 24.7 Å². The van der Waals surface area contributed by atoms with Crippen molar-refractivity contribution >= 4 is 23.3 Å². The number of rotatable bonds is 4. The second-order valence-corrected chi connectivity index (χ2v) is 9.44. The van der Waals surface area contributed by atoms with Gasteiger partial charge in [-0.3, -0.25) is 4.90 Å². The largest absolute Gasteiger partial charge is 0.699 e. The van der Waals surface area contributed by atoms with Gasteiger partial charge in [0.1, 0.15) is 0 Å². The zero-order valence-corrected chi connectivity index (χ0v) is 21.1. The Hall–Kier alpha value is -3.81. The van der Waals surface area contributed by atoms with E-state index in [4.69, 9.17) is 22.4 Å². The SMILES string of the molecule is O=C(O)c1ccccc1-c1ccc(C(F)(F)F)cc1.[NH-]c1ccc2c(c1)CCN(Cc1cccc(Cl)c1)C2. The Morgan fingerprint density at radius 2 is 1.66 bits per heavy atom. The van der Waals surface area contributed by atoms with Crippen molar-refractivity contribution in [3.05, 3.63) is 130 Å². The van der Waals surface area contributed by atoms with Crippen molar-refractivity contribution in [3.8, 4) is 11.1 Å². The quantitative estimate of drug-likeness (QED) is 0.283. The fraction of sp³-hybridized carbons (Fsp3) is 0.167. The van der Waals surface area contributed by atoms with Gasteiger partial charge in [0.2, 0.25) is 0 Å². The first-order valence-corrected chi connectivity index (χ1v) is 12.3. The molecule has 4 aromatic rings. The topological polar surface area (TPSA) is 64.3 Å². The summed E-state index contributed by atoms with van der Waals surface area (Å²) in [5.41, 5.74) is 12.3. The maximum absolute atomic E-state index is 12.4. The first kappa shape index (κ1) is 27.2. The number of halogens is 4. The lowest BCUT2D eigenvalue weighted by molar-refractivity contribution is -0.137. The van der Waals surface area contributed by atoms with Gasteiger partial charge in [0.25, 0.3) is 0 Å². The molecular formula is C30H25ClF3N2O2-. The summed E-state index contributed by atoms with van der Waals surface area (Å²) in [7, 11) is 0. The molecule has 1 heterocycles. The third-order valence-electron chi connectivity index (χ3n) is 6.27. The first-order chi connectivity index (χ1) is 18.1. The number of fused-ring (bicyclic) bond motifs is 1. The predicted molar refractivity (Wildman–Crippen MR) is 144 cm³/mol. The molecule has 0 fully saturated rings. The molecular weight excluding hydrogens is 513 g/mol. The highest BCUT2D eigenvalue weighted by atomic mass is 35.5. The molecule has 0 spiro atoms. The van der Waals surface area contributed by atoms with Crippen molar-refractivity contribution < 1.29 is 23.1 Å². The molecule has 1 aliphatic rings. The fourth-order valence-electron chi connectivity index (χ4n) is 4.40. The van der Waals surface area contributed by atoms with Crippen LogP contribution in [-0.2, 0) is 25.7 Å². The van der Waals surface area contributed by atoms with E-state index in [1.54, 1.807) is 18.2 Å². The standard InChI is InChI=1S/C16H16ClN2.C14H9F3O2/c17-15-3-1-2-12(8-15)10-19-7-6-13-9-16(18)5-4-14(13)11-19;15-14(16,17)10-7-5-9(6-8-10)11-3-1-2-4-12(11)13(18)19/h1-5,8-9,18H,6-7,10-11H2;1-8H,(H,18,19)/q-1;. The van der Waals surface area contributed by atoms with Crippen LogP contribution in [0.4, 0.5) is 18.9 Å². The number of alkyl halides is 3. The number of nitrogens with zero attached hydrogens (tertiary/aromatic N) is 1. The molecule has 0 saturated heterocycles. The Labute approximate surface area is 224 Å². The Morgan fingerprint density at radius 1 is 0.921 bits per heavy atom. The van der Waals surface area contributed by atoms with Crippen LogP contribution in [0.5, 0.6) is 0 Å². The summed E-state index contributed by atoms with van der Waals surface area (Å²) in [6, 6.07) is 24.6. The molecule has 0 saturated carbocycles. The van der Waals surface area contributed by atoms with Gasteiger partial charge < -0.3 is 10.8 Å². The van der Waals surface area contributed by atoms with Crippen LogP contribution in [0.25, 0.3) is 16.9 Å². The van der Waals surface area contributed by atoms with Crippen molar-refractivity contribution in [2.45, 2.75) is 25.7 Å². The van der Waals surface area contributed by atoms with Crippen LogP contribution in [0.3, 0.4) is 0 Å². The fourth-order valence-corrected chi connectivity index (χ4v) is 4.61. The molecule has 2 N–H and O–H groups in total. The molecule has 0 atom stereocenters. The monoisotopic (exact) mass is 537 g/mol. The molecule has 0 radical (unpaired) electrons. The lowest BCUT2D eigenvalue weighted by Gasteiger charge is -2.29. The minimum absolute atomic E-state index is 0.0576. The normalized spacial score (nSPS) is 13.3. The first-order valence-electron chi connectivity index (χ1n) is 11.9. The summed E-state index contributed by atoms with van der Waals surface area (Å²) in [5, 5.41) is 9.83. The van der Waals surface area contributed by atoms with E-state index < -0.39 is 17.7 Å². The number of carbonyl (C=O) groups is 1. The molecule has 4 aromatic carbocycles. The summed E-state index contributed by atoms with van der Waals surface area (Å²) >= 11 is 6.02. The number of nitrogens with one attached hydrogen (secondary N) is 1. The molecule has 0 aliphatic carbocycles. The van der Waals surface area contributed by atoms with Crippen molar-refractivity contribution in [2.75, 3.05) is 6.54 Å². The minimum atomic E-state index is -4.40. The summed E-state index contributed by atoms with van der Waals surface area (Å²) in [6.07, 6.45) is -3.37. The summed E-state index contributed by atoms with van der Waals surface area (Å²) in [5.74, 6) is -1.12. The number of aromatic carboxylic acids is 1. The van der Waals surface area contributed by atoms with E-state index >= 15 is 0 Å². The van der Waals surface area contributed by atoms with Gasteiger partial charge in [-0.25, -0.2) is 4.79 Å². The average Bonchev–Trinajstić information content (AvgIpc) is 2.89. The van der Waals surface area contributed by atoms with E-state index in [-0.39, 0.29) is 5.56 Å². The van der Waals surface area contributed by atoms with Crippen LogP contribution in [0.2, 0.25) is 5.02 Å². The summed E-state index contributed by atoms with van der Waals surface area (Å²) in [4.78, 5) is 13.5. The Kier molecular flexibility index (Phi) is 8.39. The van der Waals surface area contributed by atoms with E-state index in [1.165, 1.54) is 34.9 Å². The Bertz CT molecular complexity index is 1420. The average molecular weight is 538 g/mol. The minimum Gasteiger partial charge on any atom is -0.699 e. The van der Waals surface area contributed by atoms with Gasteiger partial charge in [-0.2, -0.15) is 13.2 Å². The highest BCUT2D eigenvalue weighted by Crippen LogP contribution is 2.32. The highest BCUT2D eigenvalue weighted by Gasteiger charge is 2.30. The molecule has 0 bridgehead atoms. The van der Waals surface area contributed by atoms with Gasteiger partial charge in [-0.1, -0.05) is 72.3 Å². The van der Waals surface area contributed by atoms with E-state index in [0.29, 0.717) is 16.8 Å². The summed E-state index contributed by atoms with van der Waals surface area (Å²) < 4.78 is 37.3. The van der Waals surface area contributed by atoms with Gasteiger partial charge in [-0.15, -0.1) is 5.69 Å². The number of hydrogen-bond acceptors (Lipinski definition) is 2. The van der Waals surface area contributed by atoms with Crippen LogP contribution < -0.4 is 0 Å². The predicted octanol–water partition coefficient (Wildman–Crippen LogP) is 8.65. The van der Waals surface area contributed by atoms with Gasteiger partial charge in [-0.05, 0) is 64.6 Å². The molecule has 1 aliphatic heterocycles. The third kappa shape index (κ3) is 6.94. The van der Waals surface area contributed by atoms with Crippen LogP contribution in [0, 0.1) is 0 Å². The molecule has 38 heavy (non-hydrogen) atoms. The molecule has 5 rings (SSSR count). The van der Waals surface area contributed by atoms with E-state index in [0.717, 1.165) is 43.2 Å². The highest BCUT2D eigenvalue weighted by molar-refractivity contribution is 6.30. The van der Waals surface area contributed by atoms with Crippen molar-refractivity contribution in [1.29, 1.82) is 0 Å². The third-order valence-corrected chi connectivity index (χ3v) is 6.51. The van der Waals surface area contributed by atoms with Gasteiger partial charge >= 0.3 is 12.1 Å². The van der Waals surface area contributed by atoms with Crippen molar-refractivity contribution in [3.63, 3.8) is 0 Å². The van der Waals surface area contributed by atoms with Crippen LogP contribution in [-0.4, -0.2) is 22.5 Å². The van der Waals surface area contributed by atoms with Crippen LogP contribution >= 0.6 is 11.6 Å². The number of hydrogen-bond donors (Lipinski definition) is 1. The number of benzene rings is 4. The lowest BCUT2D eigenvalue weighted by Crippen LogP contribution is -2.29.